The summed E-state index contributed by atoms with van der Waals surface area (Å²) in [6, 6.07) is 0.313. The highest BCUT2D eigenvalue weighted by atomic mass is 32.1. The van der Waals surface area contributed by atoms with Crippen molar-refractivity contribution in [1.29, 1.82) is 0 Å². The van der Waals surface area contributed by atoms with Crippen LogP contribution < -0.4 is 5.32 Å². The first-order valence-electron chi connectivity index (χ1n) is 9.48. The highest BCUT2D eigenvalue weighted by molar-refractivity contribution is 7.80. The molecule has 2 saturated heterocycles. The van der Waals surface area contributed by atoms with Crippen LogP contribution in [0.5, 0.6) is 0 Å². The van der Waals surface area contributed by atoms with Crippen molar-refractivity contribution in [2.45, 2.75) is 82.8 Å². The van der Waals surface area contributed by atoms with E-state index in [1.165, 1.54) is 6.42 Å². The van der Waals surface area contributed by atoms with Gasteiger partial charge in [0.05, 0.1) is 19.3 Å². The van der Waals surface area contributed by atoms with E-state index in [2.05, 4.69) is 10.2 Å². The highest BCUT2D eigenvalue weighted by Crippen LogP contribution is 2.32. The minimum atomic E-state index is -0.552. The summed E-state index contributed by atoms with van der Waals surface area (Å²) in [5.74, 6) is -0.00189. The van der Waals surface area contributed by atoms with E-state index in [-0.39, 0.29) is 18.3 Å². The molecular weight excluding hydrogens is 340 g/mol. The number of nitrogens with one attached hydrogen (secondary N) is 1. The summed E-state index contributed by atoms with van der Waals surface area (Å²) in [7, 11) is 0. The molecule has 1 atom stereocenters. The summed E-state index contributed by atoms with van der Waals surface area (Å²) >= 11 is 5.36. The monoisotopic (exact) mass is 370 g/mol. The third kappa shape index (κ3) is 4.51. The molecular formula is C18H30N2O4S. The Bertz CT molecular complexity index is 485. The lowest BCUT2D eigenvalue weighted by Gasteiger charge is -2.40. The van der Waals surface area contributed by atoms with E-state index in [4.69, 9.17) is 26.4 Å². The Morgan fingerprint density at radius 3 is 2.48 bits per heavy atom. The second-order valence-corrected chi connectivity index (χ2v) is 8.04. The third-order valence-electron chi connectivity index (χ3n) is 5.48. The Morgan fingerprint density at radius 1 is 1.16 bits per heavy atom. The van der Waals surface area contributed by atoms with Gasteiger partial charge in [-0.25, -0.2) is 0 Å². The molecule has 1 unspecified atom stereocenters. The van der Waals surface area contributed by atoms with Crippen molar-refractivity contribution < 1.29 is 19.0 Å². The van der Waals surface area contributed by atoms with Gasteiger partial charge in [-0.2, -0.15) is 0 Å². The van der Waals surface area contributed by atoms with Crippen LogP contribution in [0.15, 0.2) is 0 Å². The minimum absolute atomic E-state index is 0.00189. The smallest absolute Gasteiger partial charge is 0.251 e. The van der Waals surface area contributed by atoms with Crippen molar-refractivity contribution in [3.63, 3.8) is 0 Å². The maximum Gasteiger partial charge on any atom is 0.251 e. The van der Waals surface area contributed by atoms with Crippen molar-refractivity contribution in [3.8, 4) is 0 Å². The van der Waals surface area contributed by atoms with Gasteiger partial charge in [0.2, 0.25) is 0 Å². The summed E-state index contributed by atoms with van der Waals surface area (Å²) in [6.45, 7) is 5.89. The molecule has 0 aromatic heterocycles. The first-order valence-corrected chi connectivity index (χ1v) is 9.89. The Labute approximate surface area is 155 Å². The summed E-state index contributed by atoms with van der Waals surface area (Å²) in [6.07, 6.45) is 7.52. The van der Waals surface area contributed by atoms with Crippen molar-refractivity contribution in [1.82, 2.24) is 10.2 Å². The predicted molar refractivity (Wildman–Crippen MR) is 98.2 cm³/mol. The molecule has 0 bridgehead atoms. The van der Waals surface area contributed by atoms with E-state index < -0.39 is 5.54 Å². The Balaban J connectivity index is 1.36. The molecule has 1 N–H and O–H groups in total. The number of nitrogens with zero attached hydrogens (tertiary/aromatic N) is 1. The Kier molecular flexibility index (Phi) is 6.30. The molecule has 2 heterocycles. The molecule has 25 heavy (non-hydrogen) atoms. The zero-order valence-electron chi connectivity index (χ0n) is 15.3. The van der Waals surface area contributed by atoms with E-state index in [0.717, 1.165) is 45.1 Å². The number of hydrogen-bond acceptors (Lipinski definition) is 5. The SMILES string of the molecule is CC1(C)C(=O)NC(=S)N1C1CCC(OCCOC2CCCCO2)CC1. The van der Waals surface area contributed by atoms with Gasteiger partial charge < -0.3 is 24.4 Å². The summed E-state index contributed by atoms with van der Waals surface area (Å²) < 4.78 is 17.2. The average Bonchev–Trinajstić information content (AvgIpc) is 2.81. The van der Waals surface area contributed by atoms with E-state index >= 15 is 0 Å². The molecule has 6 nitrogen and oxygen atoms in total. The Hall–Kier alpha value is -0.760. The second kappa shape index (κ2) is 8.29. The van der Waals surface area contributed by atoms with Gasteiger partial charge in [-0.15, -0.1) is 0 Å². The Morgan fingerprint density at radius 2 is 1.88 bits per heavy atom. The van der Waals surface area contributed by atoms with Crippen LogP contribution in [0.4, 0.5) is 0 Å². The molecule has 3 aliphatic rings. The van der Waals surface area contributed by atoms with E-state index in [9.17, 15) is 4.79 Å². The summed E-state index contributed by atoms with van der Waals surface area (Å²) in [5, 5.41) is 3.37. The normalized spacial score (nSPS) is 32.7. The quantitative estimate of drug-likeness (QED) is 0.572. The maximum atomic E-state index is 12.0. The van der Waals surface area contributed by atoms with Gasteiger partial charge in [-0.1, -0.05) is 0 Å². The fraction of sp³-hybridized carbons (Fsp3) is 0.889. The lowest BCUT2D eigenvalue weighted by Crippen LogP contribution is -2.51. The average molecular weight is 371 g/mol. The van der Waals surface area contributed by atoms with E-state index in [1.54, 1.807) is 0 Å². The van der Waals surface area contributed by atoms with Crippen molar-refractivity contribution in [2.24, 2.45) is 0 Å². The van der Waals surface area contributed by atoms with E-state index in [0.29, 0.717) is 24.4 Å². The van der Waals surface area contributed by atoms with Crippen LogP contribution in [0, 0.1) is 0 Å². The molecule has 3 rings (SSSR count). The number of thiocarbonyl (C=S) groups is 1. The first-order chi connectivity index (χ1) is 12.0. The number of carbonyl (C=O) groups excluding carboxylic acids is 1. The van der Waals surface area contributed by atoms with Gasteiger partial charge in [0.25, 0.3) is 5.91 Å². The molecule has 0 aromatic carbocycles. The van der Waals surface area contributed by atoms with Gasteiger partial charge in [-0.3, -0.25) is 4.79 Å². The van der Waals surface area contributed by atoms with Crippen molar-refractivity contribution in [3.05, 3.63) is 0 Å². The first kappa shape index (κ1) is 19.0. The maximum absolute atomic E-state index is 12.0. The second-order valence-electron chi connectivity index (χ2n) is 7.66. The van der Waals surface area contributed by atoms with Gasteiger partial charge in [0, 0.05) is 12.6 Å². The molecule has 7 heteroatoms. The lowest BCUT2D eigenvalue weighted by molar-refractivity contribution is -0.172. The lowest BCUT2D eigenvalue weighted by atomic mass is 9.89. The molecule has 0 spiro atoms. The van der Waals surface area contributed by atoms with Crippen LogP contribution in [-0.2, 0) is 19.0 Å². The van der Waals surface area contributed by atoms with Gasteiger partial charge >= 0.3 is 0 Å². The fourth-order valence-electron chi connectivity index (χ4n) is 4.00. The van der Waals surface area contributed by atoms with Gasteiger partial charge in [-0.05, 0) is 71.0 Å². The number of hydrogen-bond donors (Lipinski definition) is 1. The van der Waals surface area contributed by atoms with Gasteiger partial charge in [0.15, 0.2) is 11.4 Å². The molecule has 1 aliphatic carbocycles. The standard InChI is InChI=1S/C18H30N2O4S/c1-18(2)16(21)19-17(25)20(18)13-6-8-14(9-7-13)22-11-12-24-15-5-3-4-10-23-15/h13-15H,3-12H2,1-2H3,(H,19,21,25). The number of carbonyl (C=O) groups is 1. The van der Waals surface area contributed by atoms with Crippen LogP contribution in [-0.4, -0.2) is 59.7 Å². The predicted octanol–water partition coefficient (Wildman–Crippen LogP) is 2.35. The topological polar surface area (TPSA) is 60.0 Å². The van der Waals surface area contributed by atoms with Crippen molar-refractivity contribution >= 4 is 23.2 Å². The van der Waals surface area contributed by atoms with Gasteiger partial charge in [0.1, 0.15) is 5.54 Å². The van der Waals surface area contributed by atoms with Crippen LogP contribution in [0.1, 0.15) is 58.8 Å². The summed E-state index contributed by atoms with van der Waals surface area (Å²) in [5.41, 5.74) is -0.552. The third-order valence-corrected chi connectivity index (χ3v) is 5.78. The number of ether oxygens (including phenoxy) is 3. The van der Waals surface area contributed by atoms with E-state index in [1.807, 2.05) is 13.8 Å². The molecule has 0 radical (unpaired) electrons. The highest BCUT2D eigenvalue weighted by Gasteiger charge is 2.47. The molecule has 0 aromatic rings. The number of rotatable bonds is 6. The number of amides is 1. The van der Waals surface area contributed by atoms with Crippen LogP contribution in [0.3, 0.4) is 0 Å². The van der Waals surface area contributed by atoms with Crippen LogP contribution >= 0.6 is 12.2 Å². The summed E-state index contributed by atoms with van der Waals surface area (Å²) in [4.78, 5) is 14.1. The molecule has 142 valence electrons. The molecule has 2 aliphatic heterocycles. The largest absolute Gasteiger partial charge is 0.376 e. The fourth-order valence-corrected chi connectivity index (χ4v) is 4.47. The minimum Gasteiger partial charge on any atom is -0.376 e. The molecule has 1 amide bonds. The molecule has 3 fully saturated rings. The zero-order chi connectivity index (χ0) is 17.9. The van der Waals surface area contributed by atoms with Crippen LogP contribution in [0.2, 0.25) is 0 Å². The van der Waals surface area contributed by atoms with Crippen LogP contribution in [0.25, 0.3) is 0 Å². The van der Waals surface area contributed by atoms with Crippen molar-refractivity contribution in [2.75, 3.05) is 19.8 Å². The zero-order valence-corrected chi connectivity index (χ0v) is 16.1. The molecule has 1 saturated carbocycles.